The summed E-state index contributed by atoms with van der Waals surface area (Å²) in [5, 5.41) is 2.97. The first-order chi connectivity index (χ1) is 8.65. The van der Waals surface area contributed by atoms with Gasteiger partial charge >= 0.3 is 0 Å². The van der Waals surface area contributed by atoms with Crippen molar-refractivity contribution in [3.8, 4) is 0 Å². The third-order valence-corrected chi connectivity index (χ3v) is 4.07. The minimum atomic E-state index is 0.104. The van der Waals surface area contributed by atoms with Gasteiger partial charge in [0.25, 0.3) is 0 Å². The van der Waals surface area contributed by atoms with Crippen LogP contribution in [0.2, 0.25) is 0 Å². The molecule has 0 aliphatic heterocycles. The summed E-state index contributed by atoms with van der Waals surface area (Å²) in [6.07, 6.45) is 4.78. The normalized spacial score (nSPS) is 10.4. The molecule has 0 aliphatic carbocycles. The van der Waals surface area contributed by atoms with Gasteiger partial charge in [-0.05, 0) is 66.6 Å². The van der Waals surface area contributed by atoms with E-state index in [4.69, 9.17) is 5.73 Å². The molecule has 1 aromatic rings. The quantitative estimate of drug-likeness (QED) is 0.578. The molecule has 0 unspecified atom stereocenters. The van der Waals surface area contributed by atoms with Crippen molar-refractivity contribution in [2.75, 3.05) is 11.9 Å². The second-order valence-electron chi connectivity index (χ2n) is 4.41. The molecule has 3 nitrogen and oxygen atoms in total. The van der Waals surface area contributed by atoms with Crippen molar-refractivity contribution in [3.05, 3.63) is 27.3 Å². The Morgan fingerprint density at radius 2 is 2.00 bits per heavy atom. The highest BCUT2D eigenvalue weighted by molar-refractivity contribution is 14.1. The number of anilines is 1. The van der Waals surface area contributed by atoms with Gasteiger partial charge in [-0.3, -0.25) is 4.79 Å². The number of benzene rings is 1. The molecule has 0 saturated carbocycles. The topological polar surface area (TPSA) is 55.1 Å². The van der Waals surface area contributed by atoms with E-state index in [0.717, 1.165) is 43.5 Å². The van der Waals surface area contributed by atoms with Crippen LogP contribution in [0.1, 0.15) is 37.7 Å². The van der Waals surface area contributed by atoms with Crippen LogP contribution in [-0.2, 0) is 4.79 Å². The predicted molar refractivity (Wildman–Crippen MR) is 84.7 cm³/mol. The second-order valence-corrected chi connectivity index (χ2v) is 5.58. The van der Waals surface area contributed by atoms with Crippen LogP contribution in [0.4, 0.5) is 5.69 Å². The van der Waals surface area contributed by atoms with E-state index in [0.29, 0.717) is 6.42 Å². The monoisotopic (exact) mass is 360 g/mol. The summed E-state index contributed by atoms with van der Waals surface area (Å²) in [5.74, 6) is 0.104. The van der Waals surface area contributed by atoms with Crippen LogP contribution < -0.4 is 11.1 Å². The number of halogens is 1. The lowest BCUT2D eigenvalue weighted by atomic mass is 10.1. The van der Waals surface area contributed by atoms with Gasteiger partial charge < -0.3 is 11.1 Å². The highest BCUT2D eigenvalue weighted by Crippen LogP contribution is 2.20. The zero-order valence-corrected chi connectivity index (χ0v) is 13.0. The number of rotatable bonds is 7. The Morgan fingerprint density at radius 1 is 1.28 bits per heavy atom. The molecule has 0 bridgehead atoms. The van der Waals surface area contributed by atoms with Crippen molar-refractivity contribution < 1.29 is 4.79 Å². The van der Waals surface area contributed by atoms with E-state index in [-0.39, 0.29) is 5.91 Å². The number of carbonyl (C=O) groups is 1. The molecule has 0 atom stereocenters. The highest BCUT2D eigenvalue weighted by atomic mass is 127. The molecule has 4 heteroatoms. The number of nitrogens with one attached hydrogen (secondary N) is 1. The molecule has 0 aromatic heterocycles. The number of hydrogen-bond donors (Lipinski definition) is 2. The lowest BCUT2D eigenvalue weighted by molar-refractivity contribution is -0.116. The maximum Gasteiger partial charge on any atom is 0.224 e. The largest absolute Gasteiger partial charge is 0.330 e. The zero-order valence-electron chi connectivity index (χ0n) is 10.8. The van der Waals surface area contributed by atoms with Gasteiger partial charge in [0.2, 0.25) is 5.91 Å². The minimum Gasteiger partial charge on any atom is -0.330 e. The molecular formula is C14H21IN2O. The Bertz CT molecular complexity index is 393. The number of nitrogens with two attached hydrogens (primary N) is 1. The van der Waals surface area contributed by atoms with Crippen LogP contribution in [0.5, 0.6) is 0 Å². The average Bonchev–Trinajstić information content (AvgIpc) is 2.35. The lowest BCUT2D eigenvalue weighted by Crippen LogP contribution is -2.12. The summed E-state index contributed by atoms with van der Waals surface area (Å²) in [5.41, 5.74) is 7.48. The summed E-state index contributed by atoms with van der Waals surface area (Å²) >= 11 is 2.28. The van der Waals surface area contributed by atoms with Crippen LogP contribution in [0.15, 0.2) is 18.2 Å². The standard InChI is InChI=1S/C14H21IN2O/c1-11-12(15)7-6-8-13(11)17-14(18)9-4-2-3-5-10-16/h6-8H,2-5,9-10,16H2,1H3,(H,17,18). The van der Waals surface area contributed by atoms with Crippen molar-refractivity contribution >= 4 is 34.2 Å². The maximum atomic E-state index is 11.8. The first-order valence-corrected chi connectivity index (χ1v) is 7.48. The van der Waals surface area contributed by atoms with E-state index in [2.05, 4.69) is 27.9 Å². The Balaban J connectivity index is 2.34. The SMILES string of the molecule is Cc1c(I)cccc1NC(=O)CCCCCCN. The van der Waals surface area contributed by atoms with Crippen LogP contribution >= 0.6 is 22.6 Å². The van der Waals surface area contributed by atoms with Gasteiger partial charge in [-0.1, -0.05) is 18.9 Å². The number of hydrogen-bond acceptors (Lipinski definition) is 2. The summed E-state index contributed by atoms with van der Waals surface area (Å²) in [6.45, 7) is 2.77. The Morgan fingerprint density at radius 3 is 2.72 bits per heavy atom. The summed E-state index contributed by atoms with van der Waals surface area (Å²) < 4.78 is 1.17. The first-order valence-electron chi connectivity index (χ1n) is 6.40. The van der Waals surface area contributed by atoms with Crippen LogP contribution in [0, 0.1) is 10.5 Å². The Hall–Kier alpha value is -0.620. The predicted octanol–water partition coefficient (Wildman–Crippen LogP) is 3.45. The first kappa shape index (κ1) is 15.4. The summed E-state index contributed by atoms with van der Waals surface area (Å²) in [4.78, 5) is 11.8. The van der Waals surface area contributed by atoms with E-state index < -0.39 is 0 Å². The molecule has 0 fully saturated rings. The van der Waals surface area contributed by atoms with Crippen LogP contribution in [0.3, 0.4) is 0 Å². The second kappa shape index (κ2) is 8.48. The molecule has 18 heavy (non-hydrogen) atoms. The third-order valence-electron chi connectivity index (χ3n) is 2.90. The Kier molecular flexibility index (Phi) is 7.27. The molecule has 1 aromatic carbocycles. The van der Waals surface area contributed by atoms with Crippen molar-refractivity contribution in [3.63, 3.8) is 0 Å². The van der Waals surface area contributed by atoms with Crippen molar-refractivity contribution in [2.45, 2.75) is 39.0 Å². The fourth-order valence-corrected chi connectivity index (χ4v) is 2.24. The van der Waals surface area contributed by atoms with Crippen LogP contribution in [-0.4, -0.2) is 12.5 Å². The van der Waals surface area contributed by atoms with E-state index >= 15 is 0 Å². The summed E-state index contributed by atoms with van der Waals surface area (Å²) in [7, 11) is 0. The molecule has 3 N–H and O–H groups in total. The van der Waals surface area contributed by atoms with Gasteiger partial charge in [0, 0.05) is 15.7 Å². The van der Waals surface area contributed by atoms with E-state index in [1.807, 2.05) is 25.1 Å². The van der Waals surface area contributed by atoms with Gasteiger partial charge in [0.15, 0.2) is 0 Å². The molecule has 1 rings (SSSR count). The average molecular weight is 360 g/mol. The van der Waals surface area contributed by atoms with Crippen molar-refractivity contribution in [2.24, 2.45) is 5.73 Å². The molecule has 0 saturated heterocycles. The highest BCUT2D eigenvalue weighted by Gasteiger charge is 2.06. The van der Waals surface area contributed by atoms with Gasteiger partial charge in [0.1, 0.15) is 0 Å². The number of unbranched alkanes of at least 4 members (excludes halogenated alkanes) is 3. The van der Waals surface area contributed by atoms with E-state index in [1.54, 1.807) is 0 Å². The molecule has 0 radical (unpaired) electrons. The molecule has 100 valence electrons. The van der Waals surface area contributed by atoms with Gasteiger partial charge in [-0.15, -0.1) is 0 Å². The van der Waals surface area contributed by atoms with Crippen molar-refractivity contribution in [1.29, 1.82) is 0 Å². The minimum absolute atomic E-state index is 0.104. The Labute approximate surface area is 123 Å². The third kappa shape index (κ3) is 5.35. The molecule has 1 amide bonds. The molecule has 0 spiro atoms. The number of carbonyl (C=O) groups excluding carboxylic acids is 1. The van der Waals surface area contributed by atoms with E-state index in [1.165, 1.54) is 3.57 Å². The van der Waals surface area contributed by atoms with Crippen molar-refractivity contribution in [1.82, 2.24) is 0 Å². The zero-order chi connectivity index (χ0) is 13.4. The molecule has 0 aliphatic rings. The maximum absolute atomic E-state index is 11.8. The lowest BCUT2D eigenvalue weighted by Gasteiger charge is -2.09. The smallest absolute Gasteiger partial charge is 0.224 e. The van der Waals surface area contributed by atoms with Gasteiger partial charge in [-0.25, -0.2) is 0 Å². The number of amides is 1. The summed E-state index contributed by atoms with van der Waals surface area (Å²) in [6, 6.07) is 5.95. The fourth-order valence-electron chi connectivity index (χ4n) is 1.74. The molecule has 0 heterocycles. The fraction of sp³-hybridized carbons (Fsp3) is 0.500. The van der Waals surface area contributed by atoms with Gasteiger partial charge in [-0.2, -0.15) is 0 Å². The molecular weight excluding hydrogens is 339 g/mol. The van der Waals surface area contributed by atoms with Gasteiger partial charge in [0.05, 0.1) is 0 Å². The van der Waals surface area contributed by atoms with Crippen LogP contribution in [0.25, 0.3) is 0 Å². The van der Waals surface area contributed by atoms with E-state index in [9.17, 15) is 4.79 Å².